The zero-order chi connectivity index (χ0) is 12.2. The lowest BCUT2D eigenvalue weighted by Gasteiger charge is -2.45. The standard InChI is InChI=1S/C14H25NO/c1-5-6-7-12(15)14(16-4)10-8-13(2,3)9-11-14/h1,12H,6-11,15H2,2-4H3. The Kier molecular flexibility index (Phi) is 4.41. The van der Waals surface area contributed by atoms with Crippen LogP contribution < -0.4 is 5.73 Å². The van der Waals surface area contributed by atoms with Gasteiger partial charge in [-0.2, -0.15) is 0 Å². The van der Waals surface area contributed by atoms with Crippen LogP contribution in [0.25, 0.3) is 0 Å². The average Bonchev–Trinajstić information content (AvgIpc) is 2.27. The Labute approximate surface area is 99.9 Å². The van der Waals surface area contributed by atoms with E-state index in [0.29, 0.717) is 5.41 Å². The molecule has 0 amide bonds. The Hall–Kier alpha value is -0.520. The van der Waals surface area contributed by atoms with E-state index >= 15 is 0 Å². The van der Waals surface area contributed by atoms with Gasteiger partial charge in [-0.1, -0.05) is 13.8 Å². The van der Waals surface area contributed by atoms with Crippen molar-refractivity contribution in [3.8, 4) is 12.3 Å². The van der Waals surface area contributed by atoms with Crippen LogP contribution in [-0.4, -0.2) is 18.8 Å². The Bertz CT molecular complexity index is 254. The van der Waals surface area contributed by atoms with Crippen LogP contribution in [0.4, 0.5) is 0 Å². The molecule has 0 aromatic rings. The summed E-state index contributed by atoms with van der Waals surface area (Å²) in [6, 6.07) is 0.0737. The summed E-state index contributed by atoms with van der Waals surface area (Å²) in [6.45, 7) is 4.64. The summed E-state index contributed by atoms with van der Waals surface area (Å²) < 4.78 is 5.74. The molecule has 2 N–H and O–H groups in total. The third-order valence-electron chi connectivity index (χ3n) is 4.13. The maximum absolute atomic E-state index is 6.25. The van der Waals surface area contributed by atoms with E-state index in [1.165, 1.54) is 12.8 Å². The quantitative estimate of drug-likeness (QED) is 0.744. The van der Waals surface area contributed by atoms with Gasteiger partial charge >= 0.3 is 0 Å². The lowest BCUT2D eigenvalue weighted by Crippen LogP contribution is -2.52. The number of hydrogen-bond donors (Lipinski definition) is 1. The van der Waals surface area contributed by atoms with E-state index in [4.69, 9.17) is 16.9 Å². The Morgan fingerprint density at radius 3 is 2.31 bits per heavy atom. The molecule has 0 heterocycles. The van der Waals surface area contributed by atoms with Crippen molar-refractivity contribution in [3.63, 3.8) is 0 Å². The molecule has 92 valence electrons. The molecule has 0 bridgehead atoms. The fraction of sp³-hybridized carbons (Fsp3) is 0.857. The topological polar surface area (TPSA) is 35.2 Å². The normalized spacial score (nSPS) is 24.7. The molecule has 1 atom stereocenters. The summed E-state index contributed by atoms with van der Waals surface area (Å²) in [5, 5.41) is 0. The minimum absolute atomic E-state index is 0.0737. The van der Waals surface area contributed by atoms with Crippen LogP contribution in [0.1, 0.15) is 52.4 Å². The average molecular weight is 223 g/mol. The van der Waals surface area contributed by atoms with Gasteiger partial charge in [-0.15, -0.1) is 12.3 Å². The Balaban J connectivity index is 2.62. The highest BCUT2D eigenvalue weighted by molar-refractivity contribution is 4.99. The molecule has 0 radical (unpaired) electrons. The molecule has 1 aliphatic rings. The molecule has 16 heavy (non-hydrogen) atoms. The molecule has 0 saturated heterocycles. The van der Waals surface area contributed by atoms with E-state index in [1.54, 1.807) is 7.11 Å². The molecule has 1 aliphatic carbocycles. The third kappa shape index (κ3) is 2.99. The van der Waals surface area contributed by atoms with Gasteiger partial charge in [0, 0.05) is 19.6 Å². The summed E-state index contributed by atoms with van der Waals surface area (Å²) in [7, 11) is 1.79. The number of ether oxygens (including phenoxy) is 1. The van der Waals surface area contributed by atoms with Crippen molar-refractivity contribution in [2.24, 2.45) is 11.1 Å². The molecular weight excluding hydrogens is 198 g/mol. The highest BCUT2D eigenvalue weighted by Crippen LogP contribution is 2.43. The first-order chi connectivity index (χ1) is 7.46. The smallest absolute Gasteiger partial charge is 0.0829 e. The SMILES string of the molecule is C#CCCC(N)C1(OC)CCC(C)(C)CC1. The lowest BCUT2D eigenvalue weighted by atomic mass is 9.68. The molecule has 0 aliphatic heterocycles. The molecule has 0 aromatic carbocycles. The molecule has 0 spiro atoms. The summed E-state index contributed by atoms with van der Waals surface area (Å²) in [5.41, 5.74) is 6.55. The predicted molar refractivity (Wildman–Crippen MR) is 68.0 cm³/mol. The number of rotatable bonds is 4. The van der Waals surface area contributed by atoms with Crippen LogP contribution >= 0.6 is 0 Å². The zero-order valence-electron chi connectivity index (χ0n) is 10.9. The van der Waals surface area contributed by atoms with Crippen LogP contribution in [0.15, 0.2) is 0 Å². The van der Waals surface area contributed by atoms with E-state index in [9.17, 15) is 0 Å². The molecule has 0 aromatic heterocycles. The van der Waals surface area contributed by atoms with E-state index in [2.05, 4.69) is 19.8 Å². The van der Waals surface area contributed by atoms with Crippen molar-refractivity contribution in [1.82, 2.24) is 0 Å². The first-order valence-corrected chi connectivity index (χ1v) is 6.20. The molecule has 1 saturated carbocycles. The summed E-state index contributed by atoms with van der Waals surface area (Å²) >= 11 is 0. The largest absolute Gasteiger partial charge is 0.377 e. The molecule has 2 nitrogen and oxygen atoms in total. The van der Waals surface area contributed by atoms with Gasteiger partial charge in [0.05, 0.1) is 5.60 Å². The molecule has 1 unspecified atom stereocenters. The second kappa shape index (κ2) is 5.21. The van der Waals surface area contributed by atoms with E-state index in [1.807, 2.05) is 0 Å². The van der Waals surface area contributed by atoms with Gasteiger partial charge in [0.25, 0.3) is 0 Å². The van der Waals surface area contributed by atoms with Gasteiger partial charge in [0.1, 0.15) is 0 Å². The number of methoxy groups -OCH3 is 1. The van der Waals surface area contributed by atoms with Crippen molar-refractivity contribution in [1.29, 1.82) is 0 Å². The van der Waals surface area contributed by atoms with Crippen LogP contribution in [-0.2, 0) is 4.74 Å². The van der Waals surface area contributed by atoms with Crippen molar-refractivity contribution < 1.29 is 4.74 Å². The minimum atomic E-state index is -0.133. The summed E-state index contributed by atoms with van der Waals surface area (Å²) in [6.07, 6.45) is 11.4. The van der Waals surface area contributed by atoms with Crippen molar-refractivity contribution in [2.75, 3.05) is 7.11 Å². The maximum atomic E-state index is 6.25. The van der Waals surface area contributed by atoms with E-state index in [-0.39, 0.29) is 11.6 Å². The first-order valence-electron chi connectivity index (χ1n) is 6.20. The second-order valence-corrected chi connectivity index (χ2v) is 5.78. The fourth-order valence-corrected chi connectivity index (χ4v) is 2.58. The maximum Gasteiger partial charge on any atom is 0.0829 e. The van der Waals surface area contributed by atoms with E-state index < -0.39 is 0 Å². The Morgan fingerprint density at radius 2 is 1.88 bits per heavy atom. The predicted octanol–water partition coefficient (Wildman–Crippen LogP) is 2.71. The molecular formula is C14H25NO. The highest BCUT2D eigenvalue weighted by atomic mass is 16.5. The van der Waals surface area contributed by atoms with Gasteiger partial charge in [-0.25, -0.2) is 0 Å². The first kappa shape index (κ1) is 13.5. The number of terminal acetylenes is 1. The minimum Gasteiger partial charge on any atom is -0.377 e. The van der Waals surface area contributed by atoms with Crippen molar-refractivity contribution in [3.05, 3.63) is 0 Å². The summed E-state index contributed by atoms with van der Waals surface area (Å²) in [5.74, 6) is 2.66. The second-order valence-electron chi connectivity index (χ2n) is 5.78. The van der Waals surface area contributed by atoms with Gasteiger partial charge < -0.3 is 10.5 Å². The van der Waals surface area contributed by atoms with Crippen LogP contribution in [0, 0.1) is 17.8 Å². The van der Waals surface area contributed by atoms with E-state index in [0.717, 1.165) is 25.7 Å². The van der Waals surface area contributed by atoms with Crippen molar-refractivity contribution >= 4 is 0 Å². The van der Waals surface area contributed by atoms with Crippen LogP contribution in [0.5, 0.6) is 0 Å². The molecule has 1 fully saturated rings. The Morgan fingerprint density at radius 1 is 1.31 bits per heavy atom. The third-order valence-corrected chi connectivity index (χ3v) is 4.13. The van der Waals surface area contributed by atoms with Crippen molar-refractivity contribution in [2.45, 2.75) is 64.0 Å². The zero-order valence-corrected chi connectivity index (χ0v) is 10.9. The fourth-order valence-electron chi connectivity index (χ4n) is 2.58. The molecule has 2 heteroatoms. The van der Waals surface area contributed by atoms with Gasteiger partial charge in [0.2, 0.25) is 0 Å². The monoisotopic (exact) mass is 223 g/mol. The van der Waals surface area contributed by atoms with Crippen LogP contribution in [0.3, 0.4) is 0 Å². The van der Waals surface area contributed by atoms with Crippen LogP contribution in [0.2, 0.25) is 0 Å². The number of nitrogens with two attached hydrogens (primary N) is 1. The van der Waals surface area contributed by atoms with Gasteiger partial charge in [-0.3, -0.25) is 0 Å². The lowest BCUT2D eigenvalue weighted by molar-refractivity contribution is -0.0794. The highest BCUT2D eigenvalue weighted by Gasteiger charge is 2.42. The summed E-state index contributed by atoms with van der Waals surface area (Å²) in [4.78, 5) is 0. The van der Waals surface area contributed by atoms with Gasteiger partial charge in [-0.05, 0) is 37.5 Å². The van der Waals surface area contributed by atoms with Gasteiger partial charge in [0.15, 0.2) is 0 Å². The number of hydrogen-bond acceptors (Lipinski definition) is 2. The molecule has 1 rings (SSSR count).